The van der Waals surface area contributed by atoms with Crippen molar-refractivity contribution in [2.75, 3.05) is 13.7 Å². The minimum atomic E-state index is -0.320. The third kappa shape index (κ3) is 2.67. The molecular formula is C15H20ClFN2O. The van der Waals surface area contributed by atoms with Gasteiger partial charge in [0, 0.05) is 7.11 Å². The molecule has 110 valence electrons. The fourth-order valence-corrected chi connectivity index (χ4v) is 2.62. The number of nitrogens with zero attached hydrogens (tertiary/aromatic N) is 2. The number of halogens is 2. The maximum Gasteiger partial charge on any atom is 0.151 e. The van der Waals surface area contributed by atoms with Gasteiger partial charge in [0.05, 0.1) is 23.5 Å². The summed E-state index contributed by atoms with van der Waals surface area (Å²) in [6, 6.07) is 5.06. The summed E-state index contributed by atoms with van der Waals surface area (Å²) in [5.41, 5.74) is 1.14. The molecule has 0 amide bonds. The molecule has 0 aliphatic carbocycles. The highest BCUT2D eigenvalue weighted by Crippen LogP contribution is 2.32. The Morgan fingerprint density at radius 2 is 2.05 bits per heavy atom. The van der Waals surface area contributed by atoms with E-state index in [0.29, 0.717) is 23.9 Å². The first-order valence-corrected chi connectivity index (χ1v) is 7.20. The maximum atomic E-state index is 13.9. The first-order chi connectivity index (χ1) is 9.47. The number of para-hydroxylation sites is 1. The molecule has 1 aromatic carbocycles. The van der Waals surface area contributed by atoms with Crippen molar-refractivity contribution in [1.82, 2.24) is 9.55 Å². The first kappa shape index (κ1) is 15.3. The maximum absolute atomic E-state index is 13.9. The van der Waals surface area contributed by atoms with Crippen LogP contribution in [0.2, 0.25) is 0 Å². The summed E-state index contributed by atoms with van der Waals surface area (Å²) in [4.78, 5) is 4.40. The smallest absolute Gasteiger partial charge is 0.151 e. The van der Waals surface area contributed by atoms with Crippen molar-refractivity contribution in [1.29, 1.82) is 0 Å². The van der Waals surface area contributed by atoms with Gasteiger partial charge in [0.15, 0.2) is 5.82 Å². The molecule has 0 aliphatic rings. The predicted molar refractivity (Wildman–Crippen MR) is 79.7 cm³/mol. The molecule has 0 saturated heterocycles. The molecule has 2 aromatic rings. The van der Waals surface area contributed by atoms with Gasteiger partial charge in [-0.1, -0.05) is 19.9 Å². The van der Waals surface area contributed by atoms with E-state index in [2.05, 4.69) is 18.8 Å². The van der Waals surface area contributed by atoms with Gasteiger partial charge in [0.1, 0.15) is 11.3 Å². The zero-order valence-corrected chi connectivity index (χ0v) is 13.0. The highest BCUT2D eigenvalue weighted by atomic mass is 35.5. The molecule has 5 heteroatoms. The van der Waals surface area contributed by atoms with Crippen molar-refractivity contribution < 1.29 is 9.13 Å². The van der Waals surface area contributed by atoms with Crippen LogP contribution >= 0.6 is 11.6 Å². The molecule has 20 heavy (non-hydrogen) atoms. The second-order valence-corrected chi connectivity index (χ2v) is 5.98. The topological polar surface area (TPSA) is 27.1 Å². The number of ether oxygens (including phenoxy) is 1. The van der Waals surface area contributed by atoms with E-state index in [4.69, 9.17) is 16.3 Å². The molecular weight excluding hydrogens is 279 g/mol. The summed E-state index contributed by atoms with van der Waals surface area (Å²) in [7, 11) is 1.67. The average Bonchev–Trinajstić information content (AvgIpc) is 2.76. The van der Waals surface area contributed by atoms with Crippen LogP contribution in [0.4, 0.5) is 4.39 Å². The Bertz CT molecular complexity index is 595. The number of benzene rings is 1. The van der Waals surface area contributed by atoms with Crippen LogP contribution in [-0.4, -0.2) is 23.3 Å². The molecule has 3 nitrogen and oxygen atoms in total. The average molecular weight is 299 g/mol. The predicted octanol–water partition coefficient (Wildman–Crippen LogP) is 4.32. The molecule has 0 N–H and O–H groups in total. The largest absolute Gasteiger partial charge is 0.383 e. The van der Waals surface area contributed by atoms with E-state index in [1.807, 2.05) is 17.6 Å². The van der Waals surface area contributed by atoms with E-state index in [9.17, 15) is 4.39 Å². The minimum absolute atomic E-state index is 0.0722. The second kappa shape index (κ2) is 6.10. The third-order valence-electron chi connectivity index (χ3n) is 3.49. The van der Waals surface area contributed by atoms with Gasteiger partial charge in [-0.3, -0.25) is 0 Å². The number of methoxy groups -OCH3 is 1. The highest BCUT2D eigenvalue weighted by Gasteiger charge is 2.25. The third-order valence-corrected chi connectivity index (χ3v) is 3.69. The molecule has 1 heterocycles. The molecule has 2 unspecified atom stereocenters. The van der Waals surface area contributed by atoms with E-state index < -0.39 is 0 Å². The van der Waals surface area contributed by atoms with Crippen LogP contribution in [0.1, 0.15) is 38.0 Å². The van der Waals surface area contributed by atoms with Gasteiger partial charge in [-0.2, -0.15) is 0 Å². The van der Waals surface area contributed by atoms with Gasteiger partial charge in [0.25, 0.3) is 0 Å². The normalized spacial score (nSPS) is 14.9. The lowest BCUT2D eigenvalue weighted by Crippen LogP contribution is -2.22. The Kier molecular flexibility index (Phi) is 4.66. The monoisotopic (exact) mass is 298 g/mol. The Balaban J connectivity index is 2.70. The zero-order chi connectivity index (χ0) is 14.9. The van der Waals surface area contributed by atoms with E-state index in [-0.39, 0.29) is 17.2 Å². The van der Waals surface area contributed by atoms with Crippen molar-refractivity contribution in [3.8, 4) is 0 Å². The number of imidazole rings is 1. The van der Waals surface area contributed by atoms with Crippen molar-refractivity contribution >= 4 is 22.6 Å². The lowest BCUT2D eigenvalue weighted by molar-refractivity contribution is 0.133. The molecule has 2 atom stereocenters. The number of hydrogen-bond acceptors (Lipinski definition) is 2. The van der Waals surface area contributed by atoms with Crippen molar-refractivity contribution in [2.45, 2.75) is 32.2 Å². The van der Waals surface area contributed by atoms with E-state index in [1.165, 1.54) is 6.07 Å². The molecule has 2 rings (SSSR count). The highest BCUT2D eigenvalue weighted by molar-refractivity contribution is 6.20. The van der Waals surface area contributed by atoms with E-state index in [1.54, 1.807) is 13.2 Å². The fraction of sp³-hybridized carbons (Fsp3) is 0.533. The lowest BCUT2D eigenvalue weighted by Gasteiger charge is -2.25. The quantitative estimate of drug-likeness (QED) is 0.769. The van der Waals surface area contributed by atoms with Gasteiger partial charge in [0.2, 0.25) is 0 Å². The molecule has 0 fully saturated rings. The Hall–Kier alpha value is -1.13. The summed E-state index contributed by atoms with van der Waals surface area (Å²) < 4.78 is 21.3. The van der Waals surface area contributed by atoms with Crippen molar-refractivity contribution in [3.63, 3.8) is 0 Å². The zero-order valence-electron chi connectivity index (χ0n) is 12.2. The lowest BCUT2D eigenvalue weighted by atomic mass is 10.0. The SMILES string of the molecule is COCC(C(C)C)n1c(C(C)Cl)nc2c(F)cccc21. The summed E-state index contributed by atoms with van der Waals surface area (Å²) in [5.74, 6) is 0.687. The van der Waals surface area contributed by atoms with Crippen LogP contribution < -0.4 is 0 Å². The summed E-state index contributed by atoms with van der Waals surface area (Å²) in [5, 5.41) is -0.292. The van der Waals surface area contributed by atoms with Gasteiger partial charge < -0.3 is 9.30 Å². The molecule has 0 aliphatic heterocycles. The van der Waals surface area contributed by atoms with Crippen LogP contribution in [0.25, 0.3) is 11.0 Å². The summed E-state index contributed by atoms with van der Waals surface area (Å²) >= 11 is 6.23. The Morgan fingerprint density at radius 3 is 2.60 bits per heavy atom. The van der Waals surface area contributed by atoms with Gasteiger partial charge >= 0.3 is 0 Å². The number of fused-ring (bicyclic) bond motifs is 1. The van der Waals surface area contributed by atoms with Crippen LogP contribution in [0.5, 0.6) is 0 Å². The van der Waals surface area contributed by atoms with Crippen LogP contribution in [0, 0.1) is 11.7 Å². The number of aromatic nitrogens is 2. The summed E-state index contributed by atoms with van der Waals surface area (Å²) in [6.07, 6.45) is 0. The van der Waals surface area contributed by atoms with Crippen molar-refractivity contribution in [3.05, 3.63) is 29.8 Å². The van der Waals surface area contributed by atoms with Crippen LogP contribution in [0.15, 0.2) is 18.2 Å². The second-order valence-electron chi connectivity index (χ2n) is 5.33. The number of alkyl halides is 1. The van der Waals surface area contributed by atoms with Crippen molar-refractivity contribution in [2.24, 2.45) is 5.92 Å². The van der Waals surface area contributed by atoms with Gasteiger partial charge in [-0.15, -0.1) is 11.6 Å². The molecule has 0 saturated carbocycles. The Morgan fingerprint density at radius 1 is 1.35 bits per heavy atom. The van der Waals surface area contributed by atoms with Gasteiger partial charge in [-0.05, 0) is 25.0 Å². The summed E-state index contributed by atoms with van der Waals surface area (Å²) in [6.45, 7) is 6.60. The van der Waals surface area contributed by atoms with E-state index in [0.717, 1.165) is 5.52 Å². The number of hydrogen-bond donors (Lipinski definition) is 0. The van der Waals surface area contributed by atoms with Crippen LogP contribution in [-0.2, 0) is 4.74 Å². The molecule has 0 spiro atoms. The number of rotatable bonds is 5. The molecule has 1 aromatic heterocycles. The fourth-order valence-electron chi connectivity index (χ4n) is 2.47. The molecule has 0 radical (unpaired) electrons. The van der Waals surface area contributed by atoms with Crippen LogP contribution in [0.3, 0.4) is 0 Å². The Labute approximate surface area is 123 Å². The minimum Gasteiger partial charge on any atom is -0.383 e. The first-order valence-electron chi connectivity index (χ1n) is 6.76. The van der Waals surface area contributed by atoms with Gasteiger partial charge in [-0.25, -0.2) is 9.37 Å². The molecule has 0 bridgehead atoms. The standard InChI is InChI=1S/C15H20ClFN2O/c1-9(2)13(8-20-4)19-12-7-5-6-11(17)14(12)18-15(19)10(3)16/h5-7,9-10,13H,8H2,1-4H3. The van der Waals surface area contributed by atoms with E-state index >= 15 is 0 Å².